The molecule has 0 spiro atoms. The quantitative estimate of drug-likeness (QED) is 0.0422. The van der Waals surface area contributed by atoms with Gasteiger partial charge in [-0.1, -0.05) is 216 Å². The summed E-state index contributed by atoms with van der Waals surface area (Å²) in [4.78, 5) is 77.8. The molecule has 0 aliphatic heterocycles. The van der Waals surface area contributed by atoms with E-state index in [4.69, 9.17) is 34.1 Å². The van der Waals surface area contributed by atoms with E-state index in [0.29, 0.717) is 11.4 Å². The summed E-state index contributed by atoms with van der Waals surface area (Å²) in [5.74, 6) is 4.20. The number of para-hydroxylation sites is 2. The molecule has 568 valence electrons. The van der Waals surface area contributed by atoms with Gasteiger partial charge >= 0.3 is 5.97 Å². The van der Waals surface area contributed by atoms with E-state index >= 15 is 0 Å². The van der Waals surface area contributed by atoms with Crippen LogP contribution in [-0.2, 0) is 4.74 Å². The molecule has 0 saturated heterocycles. The zero-order valence-electron chi connectivity index (χ0n) is 64.0. The lowest BCUT2D eigenvalue weighted by molar-refractivity contribution is 0.0600. The summed E-state index contributed by atoms with van der Waals surface area (Å²) in [6.45, 7) is 3.62. The number of nitrogens with one attached hydrogen (secondary N) is 7. The molecule has 117 heavy (non-hydrogen) atoms. The summed E-state index contributed by atoms with van der Waals surface area (Å²) in [7, 11) is 4.72. The highest BCUT2D eigenvalue weighted by Gasteiger charge is 2.28. The second-order valence-corrected chi connectivity index (χ2v) is 28.8. The van der Waals surface area contributed by atoms with Crippen molar-refractivity contribution in [2.24, 2.45) is 0 Å². The van der Waals surface area contributed by atoms with Gasteiger partial charge in [0.1, 0.15) is 40.3 Å². The number of aryl methyl sites for hydroxylation is 1. The summed E-state index contributed by atoms with van der Waals surface area (Å²) >= 11 is 3.58. The maximum Gasteiger partial charge on any atom is 0.337 e. The average Bonchev–Trinajstić information content (AvgIpc) is 1.42. The average molecular weight is 1590 g/mol. The number of pyridine rings is 2. The largest absolute Gasteiger partial charge is 0.497 e. The van der Waals surface area contributed by atoms with E-state index in [9.17, 15) is 9.59 Å². The minimum Gasteiger partial charge on any atom is -0.497 e. The Morgan fingerprint density at radius 2 is 0.880 bits per heavy atom. The molecule has 0 aliphatic rings. The number of nitrogens with zero attached hydrogens (tertiary/aromatic N) is 7. The van der Waals surface area contributed by atoms with Crippen molar-refractivity contribution < 1.29 is 23.8 Å². The third-order valence-electron chi connectivity index (χ3n) is 20.8. The number of hydrogen-bond acceptors (Lipinski definition) is 11. The Balaban J connectivity index is 0.000000108. The summed E-state index contributed by atoms with van der Waals surface area (Å²) in [6, 6.07) is 92.3. The molecule has 19 nitrogen and oxygen atoms in total. The van der Waals surface area contributed by atoms with Gasteiger partial charge in [-0.25, -0.2) is 24.7 Å². The Morgan fingerprint density at radius 1 is 0.385 bits per heavy atom. The fourth-order valence-corrected chi connectivity index (χ4v) is 15.7. The van der Waals surface area contributed by atoms with Crippen LogP contribution in [0.5, 0.6) is 11.5 Å². The van der Waals surface area contributed by atoms with Gasteiger partial charge in [0.15, 0.2) is 0 Å². The van der Waals surface area contributed by atoms with Crippen LogP contribution in [0.3, 0.4) is 0 Å². The van der Waals surface area contributed by atoms with Crippen molar-refractivity contribution in [3.8, 4) is 125 Å². The monoisotopic (exact) mass is 1590 g/mol. The molecule has 0 unspecified atom stereocenters. The SMILES string of the molecule is CC(=O)n1c(-c2c(C)[nH]c3ccccc23)nc(-c2ccccc2)c1-c1ccccc1.COC(=O)c1ccc2c(-c3nc(-c4ccccc4)c(-c4ccccc4)[nH]3)c[nH]c2c1.COc1cccc(-c2nc(-c3c[nH]c4ccc(Br)cc34)[nH]c2-c2cccc(OC)c2)c1.c1ccc2c(-c3nc4c5ncccc5c5cccnc5c4[nH]3)c[nH]c2c1. The van der Waals surface area contributed by atoms with Crippen molar-refractivity contribution >= 4 is 104 Å². The molecule has 0 bridgehead atoms. The van der Waals surface area contributed by atoms with Crippen molar-refractivity contribution in [2.45, 2.75) is 13.8 Å². The van der Waals surface area contributed by atoms with E-state index in [0.717, 1.165) is 205 Å². The molecule has 10 aromatic heterocycles. The van der Waals surface area contributed by atoms with Crippen LogP contribution in [0, 0.1) is 6.92 Å². The van der Waals surface area contributed by atoms with Crippen LogP contribution in [-0.4, -0.2) is 103 Å². The highest BCUT2D eigenvalue weighted by Crippen LogP contribution is 2.43. The molecule has 11 aromatic carbocycles. The van der Waals surface area contributed by atoms with Crippen molar-refractivity contribution in [2.75, 3.05) is 21.3 Å². The second kappa shape index (κ2) is 31.7. The Hall–Kier alpha value is -15.3. The smallest absolute Gasteiger partial charge is 0.337 e. The van der Waals surface area contributed by atoms with E-state index in [2.05, 4.69) is 134 Å². The maximum absolute atomic E-state index is 13.0. The van der Waals surface area contributed by atoms with Crippen LogP contribution in [0.2, 0.25) is 0 Å². The molecular weight excluding hydrogens is 1520 g/mol. The lowest BCUT2D eigenvalue weighted by Gasteiger charge is -2.10. The predicted octanol–water partition coefficient (Wildman–Crippen LogP) is 23.5. The van der Waals surface area contributed by atoms with Crippen LogP contribution in [0.25, 0.3) is 190 Å². The predicted molar refractivity (Wildman–Crippen MR) is 471 cm³/mol. The zero-order valence-corrected chi connectivity index (χ0v) is 65.6. The van der Waals surface area contributed by atoms with E-state index < -0.39 is 0 Å². The molecule has 0 saturated carbocycles. The Kier molecular flexibility index (Phi) is 19.8. The van der Waals surface area contributed by atoms with E-state index in [1.165, 1.54) is 7.11 Å². The van der Waals surface area contributed by atoms with Crippen molar-refractivity contribution in [1.29, 1.82) is 0 Å². The number of methoxy groups -OCH3 is 3. The summed E-state index contributed by atoms with van der Waals surface area (Å²) in [5.41, 5.74) is 24.4. The van der Waals surface area contributed by atoms with Gasteiger partial charge < -0.3 is 49.1 Å². The first-order valence-corrected chi connectivity index (χ1v) is 38.7. The number of aromatic nitrogens is 14. The molecule has 21 rings (SSSR count). The molecule has 0 fully saturated rings. The van der Waals surface area contributed by atoms with Crippen molar-refractivity contribution in [3.63, 3.8) is 0 Å². The maximum atomic E-state index is 13.0. The highest BCUT2D eigenvalue weighted by atomic mass is 79.9. The van der Waals surface area contributed by atoms with Crippen LogP contribution in [0.1, 0.15) is 27.8 Å². The molecule has 7 N–H and O–H groups in total. The van der Waals surface area contributed by atoms with Crippen LogP contribution >= 0.6 is 15.9 Å². The number of carbonyl (C=O) groups excluding carboxylic acids is 2. The third kappa shape index (κ3) is 14.1. The van der Waals surface area contributed by atoms with E-state index in [-0.39, 0.29) is 11.9 Å². The van der Waals surface area contributed by atoms with Gasteiger partial charge in [-0.05, 0) is 85.8 Å². The first-order chi connectivity index (χ1) is 57.4. The molecular formula is C97H73BrN14O5. The number of aromatic amines is 7. The minimum absolute atomic E-state index is 0.0665. The van der Waals surface area contributed by atoms with Crippen LogP contribution in [0.4, 0.5) is 0 Å². The fraction of sp³-hybridized carbons (Fsp3) is 0.0515. The standard InChI is InChI=1S/C26H21N3O.C25H20BrN3O2.C25H19N3O2.C21H13N5/c1-17-23(21-15-9-10-16-22(21)27-17)26-28-24(19-11-5-3-6-12-19)25(29(26)18(2)30)20-13-7-4-8-14-20;1-30-18-7-3-5-15(11-18)23-24(16-6-4-8-19(12-16)31-2)29-25(28-23)21-14-27-22-10-9-17(26)13-20(21)22;1-30-25(29)18-12-13-19-20(15-26-21(19)14-18)24-27-22(16-8-4-2-5-9-16)23(28-24)17-10-6-3-7-11-17;1-2-8-16-12(5-1)15(11-24-16)21-25-19-17-13(6-3-9-22-17)14-7-4-10-23-18(14)20(19)26-21/h3-16,27H,1-2H3;3-14,27H,1-2H3,(H,28,29);2-15,26H,1H3,(H,27,28);1-11,24H,(H,25,26). The normalized spacial score (nSPS) is 11.2. The van der Waals surface area contributed by atoms with E-state index in [1.54, 1.807) is 37.8 Å². The zero-order chi connectivity index (χ0) is 79.6. The van der Waals surface area contributed by atoms with Gasteiger partial charge in [0.25, 0.3) is 0 Å². The van der Waals surface area contributed by atoms with Crippen LogP contribution < -0.4 is 9.47 Å². The number of halogens is 1. The van der Waals surface area contributed by atoms with Gasteiger partial charge in [0.2, 0.25) is 5.91 Å². The van der Waals surface area contributed by atoms with Crippen LogP contribution in [0.15, 0.2) is 315 Å². The minimum atomic E-state index is -0.358. The number of H-pyrrole nitrogens is 7. The molecule has 0 atom stereocenters. The number of esters is 1. The molecule has 20 heteroatoms. The van der Waals surface area contributed by atoms with Gasteiger partial charge in [-0.2, -0.15) is 0 Å². The molecule has 10 heterocycles. The second-order valence-electron chi connectivity index (χ2n) is 27.9. The van der Waals surface area contributed by atoms with Gasteiger partial charge in [0.05, 0.1) is 77.6 Å². The fourth-order valence-electron chi connectivity index (χ4n) is 15.3. The Morgan fingerprint density at radius 3 is 1.52 bits per heavy atom. The number of ether oxygens (including phenoxy) is 3. The molecule has 0 radical (unpaired) electrons. The first-order valence-electron chi connectivity index (χ1n) is 37.9. The van der Waals surface area contributed by atoms with Crippen molar-refractivity contribution in [3.05, 3.63) is 326 Å². The van der Waals surface area contributed by atoms with Crippen molar-refractivity contribution in [1.82, 2.24) is 69.4 Å². The topological polar surface area (TPSA) is 255 Å². The number of rotatable bonds is 13. The van der Waals surface area contributed by atoms with Gasteiger partial charge in [-0.3, -0.25) is 19.3 Å². The number of benzene rings is 11. The first kappa shape index (κ1) is 73.2. The summed E-state index contributed by atoms with van der Waals surface area (Å²) in [5, 5.41) is 6.42. The number of imidazole rings is 4. The lowest BCUT2D eigenvalue weighted by atomic mass is 10.0. The number of fused-ring (bicyclic) bond motifs is 10. The molecule has 0 amide bonds. The number of hydrogen-bond donors (Lipinski definition) is 7. The Labute approximate surface area is 678 Å². The lowest BCUT2D eigenvalue weighted by Crippen LogP contribution is -2.09. The molecule has 21 aromatic rings. The Bertz CT molecular complexity index is 7060. The summed E-state index contributed by atoms with van der Waals surface area (Å²) < 4.78 is 18.5. The van der Waals surface area contributed by atoms with E-state index in [1.807, 2.05) is 232 Å². The molecule has 0 aliphatic carbocycles. The highest BCUT2D eigenvalue weighted by molar-refractivity contribution is 9.10. The van der Waals surface area contributed by atoms with Gasteiger partial charge in [-0.15, -0.1) is 0 Å². The summed E-state index contributed by atoms with van der Waals surface area (Å²) in [6.07, 6.45) is 9.52. The number of carbonyl (C=O) groups is 2. The third-order valence-corrected chi connectivity index (χ3v) is 21.3. The van der Waals surface area contributed by atoms with Gasteiger partial charge in [0, 0.05) is 158 Å².